The third-order valence-electron chi connectivity index (χ3n) is 4.57. The SMILES string of the molecule is CC[NH+](CC(=O)Nc1ccc(OC)cc1)CC(=O)N1CCS[C@H](C(=O)OC)C1. The van der Waals surface area contributed by atoms with Crippen LogP contribution in [0.3, 0.4) is 0 Å². The highest BCUT2D eigenvalue weighted by Crippen LogP contribution is 2.19. The third-order valence-corrected chi connectivity index (χ3v) is 5.73. The van der Waals surface area contributed by atoms with Gasteiger partial charge in [-0.3, -0.25) is 14.4 Å². The number of hydrogen-bond donors (Lipinski definition) is 2. The number of thioether (sulfide) groups is 1. The van der Waals surface area contributed by atoms with Gasteiger partial charge in [0, 0.05) is 24.5 Å². The fraction of sp³-hybridized carbons (Fsp3) is 0.526. The Morgan fingerprint density at radius 1 is 1.21 bits per heavy atom. The molecule has 2 rings (SSSR count). The Morgan fingerprint density at radius 3 is 2.54 bits per heavy atom. The standard InChI is InChI=1S/C19H27N3O5S/c1-4-21(12-17(23)20-14-5-7-15(26-2)8-6-14)13-18(24)22-9-10-28-16(11-22)19(25)27-3/h5-8,16H,4,9-13H2,1-3H3,(H,20,23)/p+1/t16-/m0/s1. The lowest BCUT2D eigenvalue weighted by molar-refractivity contribution is -0.882. The van der Waals surface area contributed by atoms with E-state index in [9.17, 15) is 14.4 Å². The van der Waals surface area contributed by atoms with E-state index in [4.69, 9.17) is 9.47 Å². The maximum atomic E-state index is 12.6. The second-order valence-electron chi connectivity index (χ2n) is 6.46. The van der Waals surface area contributed by atoms with E-state index in [2.05, 4.69) is 5.32 Å². The van der Waals surface area contributed by atoms with Gasteiger partial charge in [0.15, 0.2) is 13.1 Å². The number of rotatable bonds is 8. The minimum absolute atomic E-state index is 0.0525. The average Bonchev–Trinajstić information content (AvgIpc) is 2.73. The summed E-state index contributed by atoms with van der Waals surface area (Å²) in [5.74, 6) is 0.903. The fourth-order valence-electron chi connectivity index (χ4n) is 2.89. The number of ether oxygens (including phenoxy) is 2. The number of anilines is 1. The summed E-state index contributed by atoms with van der Waals surface area (Å²) >= 11 is 1.51. The molecule has 9 heteroatoms. The number of nitrogens with one attached hydrogen (secondary N) is 2. The molecule has 1 heterocycles. The Bertz CT molecular complexity index is 683. The van der Waals surface area contributed by atoms with E-state index in [1.807, 2.05) is 6.92 Å². The monoisotopic (exact) mass is 410 g/mol. The lowest BCUT2D eigenvalue weighted by Crippen LogP contribution is -3.14. The number of esters is 1. The summed E-state index contributed by atoms with van der Waals surface area (Å²) in [4.78, 5) is 39.2. The molecule has 1 aromatic rings. The molecule has 1 unspecified atom stereocenters. The first-order chi connectivity index (χ1) is 13.5. The molecular formula is C19H28N3O5S+. The zero-order valence-corrected chi connectivity index (χ0v) is 17.3. The minimum atomic E-state index is -0.342. The van der Waals surface area contributed by atoms with E-state index >= 15 is 0 Å². The Hall–Kier alpha value is -2.26. The van der Waals surface area contributed by atoms with Crippen LogP contribution in [0.4, 0.5) is 5.69 Å². The van der Waals surface area contributed by atoms with Gasteiger partial charge in [-0.2, -0.15) is 0 Å². The number of nitrogens with zero attached hydrogens (tertiary/aromatic N) is 1. The molecule has 1 aliphatic heterocycles. The second-order valence-corrected chi connectivity index (χ2v) is 7.77. The summed E-state index contributed by atoms with van der Waals surface area (Å²) in [5.41, 5.74) is 0.682. The van der Waals surface area contributed by atoms with Gasteiger partial charge in [-0.15, -0.1) is 11.8 Å². The van der Waals surface area contributed by atoms with Crippen molar-refractivity contribution in [1.82, 2.24) is 4.90 Å². The van der Waals surface area contributed by atoms with Gasteiger partial charge in [-0.25, -0.2) is 0 Å². The van der Waals surface area contributed by atoms with E-state index < -0.39 is 0 Å². The summed E-state index contributed by atoms with van der Waals surface area (Å²) in [5, 5.41) is 2.49. The van der Waals surface area contributed by atoms with E-state index in [1.54, 1.807) is 36.3 Å². The zero-order valence-electron chi connectivity index (χ0n) is 16.5. The van der Waals surface area contributed by atoms with Gasteiger partial charge < -0.3 is 24.6 Å². The van der Waals surface area contributed by atoms with Crippen molar-refractivity contribution in [3.63, 3.8) is 0 Å². The quantitative estimate of drug-likeness (QED) is 0.570. The number of quaternary nitrogens is 1. The molecule has 2 amide bonds. The highest BCUT2D eigenvalue weighted by Gasteiger charge is 2.31. The number of carbonyl (C=O) groups is 3. The van der Waals surface area contributed by atoms with Crippen molar-refractivity contribution in [2.45, 2.75) is 12.2 Å². The molecule has 1 aromatic carbocycles. The molecular weight excluding hydrogens is 382 g/mol. The first kappa shape index (κ1) is 22.0. The van der Waals surface area contributed by atoms with E-state index in [1.165, 1.54) is 18.9 Å². The van der Waals surface area contributed by atoms with Gasteiger partial charge >= 0.3 is 5.97 Å². The molecule has 154 valence electrons. The number of methoxy groups -OCH3 is 2. The van der Waals surface area contributed by atoms with Crippen molar-refractivity contribution in [3.8, 4) is 5.75 Å². The van der Waals surface area contributed by atoms with Gasteiger partial charge in [-0.1, -0.05) is 0 Å². The topological polar surface area (TPSA) is 89.4 Å². The minimum Gasteiger partial charge on any atom is -0.497 e. The van der Waals surface area contributed by atoms with Crippen LogP contribution < -0.4 is 15.0 Å². The molecule has 1 aliphatic rings. The molecule has 8 nitrogen and oxygen atoms in total. The van der Waals surface area contributed by atoms with Crippen molar-refractivity contribution < 1.29 is 28.8 Å². The van der Waals surface area contributed by atoms with Crippen LogP contribution in [0, 0.1) is 0 Å². The Morgan fingerprint density at radius 2 is 1.93 bits per heavy atom. The normalized spacial score (nSPS) is 17.5. The fourth-order valence-corrected chi connectivity index (χ4v) is 4.02. The van der Waals surface area contributed by atoms with Crippen LogP contribution in [-0.4, -0.2) is 80.6 Å². The molecule has 0 bridgehead atoms. The molecule has 2 N–H and O–H groups in total. The lowest BCUT2D eigenvalue weighted by Gasteiger charge is -2.31. The first-order valence-electron chi connectivity index (χ1n) is 9.21. The number of benzene rings is 1. The Kier molecular flexibility index (Phi) is 8.59. The van der Waals surface area contributed by atoms with Gasteiger partial charge in [0.2, 0.25) is 0 Å². The number of carbonyl (C=O) groups excluding carboxylic acids is 3. The van der Waals surface area contributed by atoms with Crippen LogP contribution in [0.15, 0.2) is 24.3 Å². The van der Waals surface area contributed by atoms with Crippen LogP contribution >= 0.6 is 11.8 Å². The van der Waals surface area contributed by atoms with E-state index in [-0.39, 0.29) is 36.1 Å². The van der Waals surface area contributed by atoms with Crippen LogP contribution in [0.2, 0.25) is 0 Å². The van der Waals surface area contributed by atoms with Crippen LogP contribution in [-0.2, 0) is 19.1 Å². The van der Waals surface area contributed by atoms with Crippen molar-refractivity contribution in [2.24, 2.45) is 0 Å². The summed E-state index contributed by atoms with van der Waals surface area (Å²) in [6.45, 7) is 3.94. The van der Waals surface area contributed by atoms with Gasteiger partial charge in [0.25, 0.3) is 11.8 Å². The van der Waals surface area contributed by atoms with E-state index in [0.717, 1.165) is 4.90 Å². The van der Waals surface area contributed by atoms with Crippen molar-refractivity contribution in [1.29, 1.82) is 0 Å². The van der Waals surface area contributed by atoms with E-state index in [0.29, 0.717) is 36.8 Å². The average molecular weight is 411 g/mol. The molecule has 1 fully saturated rings. The predicted molar refractivity (Wildman–Crippen MR) is 108 cm³/mol. The summed E-state index contributed by atoms with van der Waals surface area (Å²) in [6.07, 6.45) is 0. The molecule has 0 aliphatic carbocycles. The molecule has 28 heavy (non-hydrogen) atoms. The molecule has 0 aromatic heterocycles. The highest BCUT2D eigenvalue weighted by atomic mass is 32.2. The number of likely N-dealkylation sites (N-methyl/N-ethyl adjacent to an activating group) is 1. The second kappa shape index (κ2) is 10.9. The number of amides is 2. The summed E-state index contributed by atoms with van der Waals surface area (Å²) in [7, 11) is 2.94. The molecule has 0 radical (unpaired) electrons. The molecule has 1 saturated heterocycles. The zero-order chi connectivity index (χ0) is 20.5. The third kappa shape index (κ3) is 6.42. The van der Waals surface area contributed by atoms with Gasteiger partial charge in [-0.05, 0) is 31.2 Å². The first-order valence-corrected chi connectivity index (χ1v) is 10.3. The Balaban J connectivity index is 1.85. The lowest BCUT2D eigenvalue weighted by atomic mass is 10.3. The summed E-state index contributed by atoms with van der Waals surface area (Å²) < 4.78 is 9.88. The maximum absolute atomic E-state index is 12.6. The molecule has 0 saturated carbocycles. The smallest absolute Gasteiger partial charge is 0.320 e. The largest absolute Gasteiger partial charge is 0.497 e. The van der Waals surface area contributed by atoms with Crippen LogP contribution in [0.25, 0.3) is 0 Å². The van der Waals surface area contributed by atoms with Crippen molar-refractivity contribution in [3.05, 3.63) is 24.3 Å². The summed E-state index contributed by atoms with van der Waals surface area (Å²) in [6, 6.07) is 7.09. The van der Waals surface area contributed by atoms with Gasteiger partial charge in [0.1, 0.15) is 11.0 Å². The molecule has 2 atom stereocenters. The predicted octanol–water partition coefficient (Wildman–Crippen LogP) is -0.344. The maximum Gasteiger partial charge on any atom is 0.320 e. The van der Waals surface area contributed by atoms with Crippen LogP contribution in [0.5, 0.6) is 5.75 Å². The number of hydrogen-bond acceptors (Lipinski definition) is 6. The van der Waals surface area contributed by atoms with Crippen molar-refractivity contribution in [2.75, 3.05) is 58.0 Å². The van der Waals surface area contributed by atoms with Crippen LogP contribution in [0.1, 0.15) is 6.92 Å². The Labute approximate surface area is 169 Å². The molecule has 0 spiro atoms. The highest BCUT2D eigenvalue weighted by molar-refractivity contribution is 8.00. The van der Waals surface area contributed by atoms with Gasteiger partial charge in [0.05, 0.1) is 20.8 Å². The van der Waals surface area contributed by atoms with Crippen molar-refractivity contribution >= 4 is 35.2 Å².